The lowest BCUT2D eigenvalue weighted by Gasteiger charge is -2.19. The molecule has 0 aliphatic carbocycles. The number of nitrogens with one attached hydrogen (secondary N) is 1. The summed E-state index contributed by atoms with van der Waals surface area (Å²) in [6.45, 7) is 3.11. The maximum Gasteiger partial charge on any atom is 0.333 e. The molecule has 0 spiro atoms. The zero-order valence-corrected chi connectivity index (χ0v) is 15.3. The zero-order valence-electron chi connectivity index (χ0n) is 15.3. The van der Waals surface area contributed by atoms with Crippen molar-refractivity contribution in [1.29, 1.82) is 0 Å². The molecule has 1 unspecified atom stereocenters. The lowest BCUT2D eigenvalue weighted by molar-refractivity contribution is -0.137. The fraction of sp³-hybridized carbons (Fsp3) is 0.200. The number of carbonyl (C=O) groups is 1. The number of pyridine rings is 1. The third kappa shape index (κ3) is 2.61. The van der Waals surface area contributed by atoms with Gasteiger partial charge in [0.05, 0.1) is 11.4 Å². The van der Waals surface area contributed by atoms with E-state index in [9.17, 15) is 14.4 Å². The number of rotatable bonds is 4. The summed E-state index contributed by atoms with van der Waals surface area (Å²) in [4.78, 5) is 44.4. The summed E-state index contributed by atoms with van der Waals surface area (Å²) in [5.41, 5.74) is 1.72. The summed E-state index contributed by atoms with van der Waals surface area (Å²) in [7, 11) is 0. The minimum atomic E-state index is -1.26. The quantitative estimate of drug-likeness (QED) is 0.565. The molecule has 1 atom stereocenters. The number of fused-ring (bicyclic) bond motifs is 2. The van der Waals surface area contributed by atoms with Crippen molar-refractivity contribution < 1.29 is 9.90 Å². The highest BCUT2D eigenvalue weighted by Crippen LogP contribution is 2.29. The van der Waals surface area contributed by atoms with Crippen LogP contribution in [0.2, 0.25) is 0 Å². The Kier molecular flexibility index (Phi) is 4.11. The molecular weight excluding hydrogens is 360 g/mol. The van der Waals surface area contributed by atoms with E-state index in [1.807, 2.05) is 38.2 Å². The fourth-order valence-corrected chi connectivity index (χ4v) is 3.70. The van der Waals surface area contributed by atoms with Crippen LogP contribution in [0.4, 0.5) is 0 Å². The van der Waals surface area contributed by atoms with Crippen molar-refractivity contribution in [2.24, 2.45) is 0 Å². The first kappa shape index (κ1) is 17.7. The zero-order chi connectivity index (χ0) is 20.0. The summed E-state index contributed by atoms with van der Waals surface area (Å²) in [6, 6.07) is 8.54. The van der Waals surface area contributed by atoms with Crippen LogP contribution < -0.4 is 11.2 Å². The second kappa shape index (κ2) is 6.49. The van der Waals surface area contributed by atoms with Crippen molar-refractivity contribution in [1.82, 2.24) is 19.1 Å². The van der Waals surface area contributed by atoms with Gasteiger partial charge in [-0.25, -0.2) is 14.3 Å². The number of carboxylic acid groups (broad SMARTS) is 1. The van der Waals surface area contributed by atoms with Gasteiger partial charge in [0.15, 0.2) is 0 Å². The van der Waals surface area contributed by atoms with Crippen LogP contribution in [-0.4, -0.2) is 30.2 Å². The highest BCUT2D eigenvalue weighted by atomic mass is 16.4. The minimum Gasteiger partial charge on any atom is -0.480 e. The number of benzene rings is 1. The van der Waals surface area contributed by atoms with Crippen LogP contribution in [0.5, 0.6) is 0 Å². The second-order valence-electron chi connectivity index (χ2n) is 6.73. The van der Waals surface area contributed by atoms with E-state index in [1.165, 1.54) is 10.8 Å². The van der Waals surface area contributed by atoms with Gasteiger partial charge < -0.3 is 10.1 Å². The van der Waals surface area contributed by atoms with Crippen molar-refractivity contribution in [2.45, 2.75) is 26.4 Å². The highest BCUT2D eigenvalue weighted by Gasteiger charge is 2.22. The van der Waals surface area contributed by atoms with Crippen LogP contribution in [0.3, 0.4) is 0 Å². The van der Waals surface area contributed by atoms with E-state index in [-0.39, 0.29) is 11.0 Å². The summed E-state index contributed by atoms with van der Waals surface area (Å²) < 4.78 is 2.12. The number of hydrogen-bond donors (Lipinski definition) is 2. The van der Waals surface area contributed by atoms with E-state index in [2.05, 4.69) is 9.97 Å². The minimum absolute atomic E-state index is 0.201. The molecule has 3 aromatic heterocycles. The highest BCUT2D eigenvalue weighted by molar-refractivity contribution is 5.87. The van der Waals surface area contributed by atoms with E-state index in [0.717, 1.165) is 26.6 Å². The molecular formula is C20H18N4O4. The van der Waals surface area contributed by atoms with Crippen molar-refractivity contribution in [3.05, 3.63) is 74.7 Å². The molecule has 4 aromatic rings. The summed E-state index contributed by atoms with van der Waals surface area (Å²) in [5.74, 6) is -1.26. The standard InChI is InChI=1S/C20H18N4O4/c1-11-5-3-7-15-17(11)14(9-22-15)12(2)24-18-13(6-4-8-21-18)19(27)23(20(24)28)10-16(25)26/h3-9,12,22H,10H2,1-2H3,(H,25,26). The average molecular weight is 378 g/mol. The Morgan fingerprint density at radius 1 is 1.25 bits per heavy atom. The third-order valence-corrected chi connectivity index (χ3v) is 5.00. The van der Waals surface area contributed by atoms with E-state index in [0.29, 0.717) is 0 Å². The van der Waals surface area contributed by atoms with Crippen LogP contribution >= 0.6 is 0 Å². The average Bonchev–Trinajstić information content (AvgIpc) is 3.10. The largest absolute Gasteiger partial charge is 0.480 e. The first-order chi connectivity index (χ1) is 13.4. The van der Waals surface area contributed by atoms with Gasteiger partial charge >= 0.3 is 11.7 Å². The monoisotopic (exact) mass is 378 g/mol. The lowest BCUT2D eigenvalue weighted by atomic mass is 10.0. The van der Waals surface area contributed by atoms with Gasteiger partial charge in [0, 0.05) is 28.9 Å². The van der Waals surface area contributed by atoms with Crippen molar-refractivity contribution in [3.8, 4) is 0 Å². The molecule has 2 N–H and O–H groups in total. The molecule has 0 radical (unpaired) electrons. The number of nitrogens with zero attached hydrogens (tertiary/aromatic N) is 3. The van der Waals surface area contributed by atoms with Crippen LogP contribution in [0.25, 0.3) is 21.9 Å². The van der Waals surface area contributed by atoms with Crippen LogP contribution in [0, 0.1) is 6.92 Å². The molecule has 0 saturated heterocycles. The Morgan fingerprint density at radius 2 is 2.04 bits per heavy atom. The smallest absolute Gasteiger partial charge is 0.333 e. The molecule has 0 aliphatic rings. The molecule has 0 saturated carbocycles. The predicted molar refractivity (Wildman–Crippen MR) is 105 cm³/mol. The van der Waals surface area contributed by atoms with E-state index in [1.54, 1.807) is 12.1 Å². The predicted octanol–water partition coefficient (Wildman–Crippen LogP) is 2.04. The maximum absolute atomic E-state index is 13.1. The number of aromatic amines is 1. The van der Waals surface area contributed by atoms with Crippen LogP contribution in [0.15, 0.2) is 52.3 Å². The molecule has 0 bridgehead atoms. The number of aliphatic carboxylic acids is 1. The molecule has 4 rings (SSSR count). The Labute approximate surface area is 158 Å². The molecule has 0 fully saturated rings. The Hall–Kier alpha value is -3.68. The maximum atomic E-state index is 13.1. The van der Waals surface area contributed by atoms with Crippen molar-refractivity contribution in [2.75, 3.05) is 0 Å². The van der Waals surface area contributed by atoms with Gasteiger partial charge in [-0.3, -0.25) is 14.2 Å². The topological polar surface area (TPSA) is 110 Å². The first-order valence-electron chi connectivity index (χ1n) is 8.78. The molecule has 8 heteroatoms. The Morgan fingerprint density at radius 3 is 2.79 bits per heavy atom. The van der Waals surface area contributed by atoms with Gasteiger partial charge in [0.1, 0.15) is 12.2 Å². The summed E-state index contributed by atoms with van der Waals surface area (Å²) in [6.07, 6.45) is 3.34. The molecule has 1 aromatic carbocycles. The Bertz CT molecular complexity index is 1350. The summed E-state index contributed by atoms with van der Waals surface area (Å²) >= 11 is 0. The molecule has 3 heterocycles. The Balaban J connectivity index is 2.06. The van der Waals surface area contributed by atoms with E-state index in [4.69, 9.17) is 5.11 Å². The van der Waals surface area contributed by atoms with E-state index < -0.39 is 29.8 Å². The number of aryl methyl sites for hydroxylation is 1. The van der Waals surface area contributed by atoms with Crippen LogP contribution in [-0.2, 0) is 11.3 Å². The van der Waals surface area contributed by atoms with Crippen molar-refractivity contribution >= 4 is 27.9 Å². The number of aromatic nitrogens is 4. The van der Waals surface area contributed by atoms with Gasteiger partial charge in [0.2, 0.25) is 0 Å². The number of H-pyrrole nitrogens is 1. The fourth-order valence-electron chi connectivity index (χ4n) is 3.70. The van der Waals surface area contributed by atoms with Gasteiger partial charge in [0.25, 0.3) is 5.56 Å². The second-order valence-corrected chi connectivity index (χ2v) is 6.73. The molecule has 0 aliphatic heterocycles. The number of hydrogen-bond acceptors (Lipinski definition) is 4. The lowest BCUT2D eigenvalue weighted by Crippen LogP contribution is -2.43. The molecule has 28 heavy (non-hydrogen) atoms. The van der Waals surface area contributed by atoms with Gasteiger partial charge in [-0.1, -0.05) is 12.1 Å². The normalized spacial score (nSPS) is 12.5. The summed E-state index contributed by atoms with van der Waals surface area (Å²) in [5, 5.41) is 10.3. The first-order valence-corrected chi connectivity index (χ1v) is 8.78. The third-order valence-electron chi connectivity index (χ3n) is 5.00. The molecule has 142 valence electrons. The van der Waals surface area contributed by atoms with Crippen molar-refractivity contribution in [3.63, 3.8) is 0 Å². The van der Waals surface area contributed by atoms with Gasteiger partial charge in [-0.15, -0.1) is 0 Å². The van der Waals surface area contributed by atoms with Crippen LogP contribution in [0.1, 0.15) is 24.1 Å². The van der Waals surface area contributed by atoms with Gasteiger partial charge in [-0.05, 0) is 37.6 Å². The van der Waals surface area contributed by atoms with E-state index >= 15 is 0 Å². The van der Waals surface area contributed by atoms with Gasteiger partial charge in [-0.2, -0.15) is 0 Å². The number of carboxylic acids is 1. The SMILES string of the molecule is Cc1cccc2[nH]cc(C(C)n3c(=O)n(CC(=O)O)c(=O)c4cccnc43)c12. The molecule has 0 amide bonds. The molecule has 8 nitrogen and oxygen atoms in total.